The molecule has 3 heterocycles. The Labute approximate surface area is 170 Å². The summed E-state index contributed by atoms with van der Waals surface area (Å²) in [5.41, 5.74) is 1.07. The fourth-order valence-corrected chi connectivity index (χ4v) is 4.54. The van der Waals surface area contributed by atoms with Crippen LogP contribution in [0, 0.1) is 0 Å². The van der Waals surface area contributed by atoms with Gasteiger partial charge in [-0.2, -0.15) is 0 Å². The average molecular weight is 399 g/mol. The monoisotopic (exact) mass is 399 g/mol. The molecule has 0 bridgehead atoms. The highest BCUT2D eigenvalue weighted by Gasteiger charge is 2.28. The molecule has 2 aromatic rings. The molecule has 0 aliphatic carbocycles. The van der Waals surface area contributed by atoms with Crippen molar-refractivity contribution in [2.75, 3.05) is 51.3 Å². The number of hydrogen-bond donors (Lipinski definition) is 2. The van der Waals surface area contributed by atoms with E-state index in [1.165, 1.54) is 12.5 Å². The first kappa shape index (κ1) is 19.7. The number of para-hydroxylation sites is 2. The van der Waals surface area contributed by atoms with Crippen LogP contribution in [0.5, 0.6) is 5.75 Å². The Morgan fingerprint density at radius 2 is 1.86 bits per heavy atom. The third-order valence-corrected chi connectivity index (χ3v) is 5.95. The minimum Gasteiger partial charge on any atom is -0.495 e. The molecule has 8 heteroatoms. The number of hydrogen-bond acceptors (Lipinski definition) is 6. The highest BCUT2D eigenvalue weighted by molar-refractivity contribution is 5.58. The quantitative estimate of drug-likeness (QED) is 0.776. The molecule has 1 aromatic heterocycles. The van der Waals surface area contributed by atoms with Gasteiger partial charge >= 0.3 is 5.69 Å². The van der Waals surface area contributed by atoms with Crippen LogP contribution >= 0.6 is 0 Å². The number of aromatic nitrogens is 2. The summed E-state index contributed by atoms with van der Waals surface area (Å²) in [6.07, 6.45) is 2.32. The van der Waals surface area contributed by atoms with Gasteiger partial charge in [-0.15, -0.1) is 0 Å². The Hall–Kier alpha value is -2.58. The molecule has 1 atom stereocenters. The maximum atomic E-state index is 11.5. The van der Waals surface area contributed by atoms with Gasteiger partial charge in [0.05, 0.1) is 12.8 Å². The Balaban J connectivity index is 1.35. The lowest BCUT2D eigenvalue weighted by atomic mass is 10.0. The van der Waals surface area contributed by atoms with Crippen molar-refractivity contribution in [1.29, 1.82) is 0 Å². The Morgan fingerprint density at radius 3 is 2.62 bits per heavy atom. The van der Waals surface area contributed by atoms with E-state index in [0.717, 1.165) is 57.1 Å². The van der Waals surface area contributed by atoms with E-state index in [4.69, 9.17) is 4.74 Å². The number of aromatic amines is 2. The predicted molar refractivity (Wildman–Crippen MR) is 113 cm³/mol. The van der Waals surface area contributed by atoms with E-state index in [1.54, 1.807) is 7.11 Å². The van der Waals surface area contributed by atoms with E-state index in [1.807, 2.05) is 12.1 Å². The molecule has 2 aliphatic heterocycles. The molecule has 2 N–H and O–H groups in total. The van der Waals surface area contributed by atoms with E-state index in [2.05, 4.69) is 36.8 Å². The third-order valence-electron chi connectivity index (χ3n) is 5.95. The standard InChI is InChI=1S/C21H29N5O3/c1-29-19-7-3-2-6-18(19)26-11-9-25(10-12-26)17-5-4-8-24(15-17)14-16-13-20(27)23-21(28)22-16/h2-3,6-7,13,17H,4-5,8-12,14-15H2,1H3,(H2,22,23,27,28)/t17-/m1/s1. The summed E-state index contributed by atoms with van der Waals surface area (Å²) in [7, 11) is 1.72. The van der Waals surface area contributed by atoms with Crippen molar-refractivity contribution in [2.24, 2.45) is 0 Å². The summed E-state index contributed by atoms with van der Waals surface area (Å²) in [4.78, 5) is 35.3. The fourth-order valence-electron chi connectivity index (χ4n) is 4.54. The Bertz CT molecular complexity index is 904. The first-order chi connectivity index (χ1) is 14.1. The van der Waals surface area contributed by atoms with Crippen molar-refractivity contribution in [2.45, 2.75) is 25.4 Å². The van der Waals surface area contributed by atoms with Gasteiger partial charge in [-0.1, -0.05) is 12.1 Å². The van der Waals surface area contributed by atoms with Crippen molar-refractivity contribution < 1.29 is 4.74 Å². The van der Waals surface area contributed by atoms with Gasteiger partial charge in [0.1, 0.15) is 5.75 Å². The van der Waals surface area contributed by atoms with Crippen LogP contribution in [0.4, 0.5) is 5.69 Å². The smallest absolute Gasteiger partial charge is 0.325 e. The molecule has 0 saturated carbocycles. The normalized spacial score (nSPS) is 21.3. The second-order valence-corrected chi connectivity index (χ2v) is 7.84. The van der Waals surface area contributed by atoms with E-state index in [9.17, 15) is 9.59 Å². The number of methoxy groups -OCH3 is 1. The van der Waals surface area contributed by atoms with E-state index < -0.39 is 5.69 Å². The van der Waals surface area contributed by atoms with Gasteiger partial charge in [0.25, 0.3) is 5.56 Å². The van der Waals surface area contributed by atoms with Gasteiger partial charge in [0.15, 0.2) is 0 Å². The van der Waals surface area contributed by atoms with Gasteiger partial charge in [-0.3, -0.25) is 19.6 Å². The van der Waals surface area contributed by atoms with Crippen molar-refractivity contribution in [3.8, 4) is 5.75 Å². The van der Waals surface area contributed by atoms with Crippen LogP contribution in [0.2, 0.25) is 0 Å². The minimum absolute atomic E-state index is 0.343. The lowest BCUT2D eigenvalue weighted by Gasteiger charge is -2.44. The molecule has 156 valence electrons. The van der Waals surface area contributed by atoms with Crippen LogP contribution in [0.1, 0.15) is 18.5 Å². The van der Waals surface area contributed by atoms with Crippen LogP contribution < -0.4 is 20.9 Å². The highest BCUT2D eigenvalue weighted by Crippen LogP contribution is 2.29. The molecular formula is C21H29N5O3. The fraction of sp³-hybridized carbons (Fsp3) is 0.524. The van der Waals surface area contributed by atoms with Crippen LogP contribution in [-0.2, 0) is 6.54 Å². The molecule has 29 heavy (non-hydrogen) atoms. The van der Waals surface area contributed by atoms with Gasteiger partial charge in [0, 0.05) is 57.1 Å². The van der Waals surface area contributed by atoms with E-state index >= 15 is 0 Å². The van der Waals surface area contributed by atoms with Crippen LogP contribution in [0.3, 0.4) is 0 Å². The molecule has 2 fully saturated rings. The number of likely N-dealkylation sites (tertiary alicyclic amines) is 1. The first-order valence-electron chi connectivity index (χ1n) is 10.3. The summed E-state index contributed by atoms with van der Waals surface area (Å²) in [6, 6.07) is 10.2. The SMILES string of the molecule is COc1ccccc1N1CCN([C@@H]2CCCN(Cc3cc(=O)[nH]c(=O)[nH]3)C2)CC1. The third kappa shape index (κ3) is 4.71. The molecule has 1 aromatic carbocycles. The topological polar surface area (TPSA) is 84.7 Å². The van der Waals surface area contributed by atoms with Crippen molar-refractivity contribution in [3.05, 3.63) is 56.9 Å². The number of nitrogens with one attached hydrogen (secondary N) is 2. The zero-order valence-electron chi connectivity index (χ0n) is 16.9. The van der Waals surface area contributed by atoms with Gasteiger partial charge < -0.3 is 14.6 Å². The molecule has 0 unspecified atom stereocenters. The van der Waals surface area contributed by atoms with Gasteiger partial charge in [-0.05, 0) is 31.5 Å². The van der Waals surface area contributed by atoms with E-state index in [0.29, 0.717) is 18.3 Å². The maximum Gasteiger partial charge on any atom is 0.325 e. The first-order valence-corrected chi connectivity index (χ1v) is 10.3. The molecule has 0 spiro atoms. The lowest BCUT2D eigenvalue weighted by molar-refractivity contribution is 0.0879. The van der Waals surface area contributed by atoms with Gasteiger partial charge in [0.2, 0.25) is 0 Å². The number of ether oxygens (including phenoxy) is 1. The zero-order chi connectivity index (χ0) is 20.2. The Morgan fingerprint density at radius 1 is 1.07 bits per heavy atom. The van der Waals surface area contributed by atoms with Crippen LogP contribution in [-0.4, -0.2) is 72.2 Å². The van der Waals surface area contributed by atoms with Crippen LogP contribution in [0.15, 0.2) is 39.9 Å². The molecule has 0 radical (unpaired) electrons. The van der Waals surface area contributed by atoms with Crippen LogP contribution in [0.25, 0.3) is 0 Å². The summed E-state index contributed by atoms with van der Waals surface area (Å²) >= 11 is 0. The lowest BCUT2D eigenvalue weighted by Crippen LogP contribution is -2.55. The number of H-pyrrole nitrogens is 2. The van der Waals surface area contributed by atoms with Crippen molar-refractivity contribution in [3.63, 3.8) is 0 Å². The molecule has 8 nitrogen and oxygen atoms in total. The summed E-state index contributed by atoms with van der Waals surface area (Å²) in [5, 5.41) is 0. The number of nitrogens with zero attached hydrogens (tertiary/aromatic N) is 3. The number of benzene rings is 1. The second kappa shape index (κ2) is 8.84. The van der Waals surface area contributed by atoms with Crippen molar-refractivity contribution in [1.82, 2.24) is 19.8 Å². The van der Waals surface area contributed by atoms with Gasteiger partial charge in [-0.25, -0.2) is 4.79 Å². The predicted octanol–water partition coefficient (Wildman–Crippen LogP) is 0.858. The molecule has 4 rings (SSSR count). The minimum atomic E-state index is -0.437. The second-order valence-electron chi connectivity index (χ2n) is 7.84. The highest BCUT2D eigenvalue weighted by atomic mass is 16.5. The molecule has 2 saturated heterocycles. The number of anilines is 1. The number of piperazine rings is 1. The molecule has 2 aliphatic rings. The zero-order valence-corrected chi connectivity index (χ0v) is 16.9. The summed E-state index contributed by atoms with van der Waals surface area (Å²) in [6.45, 7) is 6.58. The largest absolute Gasteiger partial charge is 0.495 e. The van der Waals surface area contributed by atoms with E-state index in [-0.39, 0.29) is 5.56 Å². The maximum absolute atomic E-state index is 11.5. The average Bonchev–Trinajstić information content (AvgIpc) is 2.73. The molecule has 0 amide bonds. The number of rotatable bonds is 5. The van der Waals surface area contributed by atoms with Crippen molar-refractivity contribution >= 4 is 5.69 Å². The summed E-state index contributed by atoms with van der Waals surface area (Å²) < 4.78 is 5.52. The Kier molecular flexibility index (Phi) is 6.01. The summed E-state index contributed by atoms with van der Waals surface area (Å²) in [5.74, 6) is 0.927. The molecular weight excluding hydrogens is 370 g/mol. The number of piperidine rings is 1.